The van der Waals surface area contributed by atoms with E-state index in [1.54, 1.807) is 0 Å². The Morgan fingerprint density at radius 1 is 1.56 bits per heavy atom. The third kappa shape index (κ3) is 2.84. The van der Waals surface area contributed by atoms with E-state index in [4.69, 9.17) is 0 Å². The second-order valence-corrected chi connectivity index (χ2v) is 4.10. The van der Waals surface area contributed by atoms with Crippen LogP contribution in [0.3, 0.4) is 0 Å². The molecule has 0 bridgehead atoms. The highest BCUT2D eigenvalue weighted by molar-refractivity contribution is 7.12. The molecule has 2 heterocycles. The number of thiazole rings is 1. The van der Waals surface area contributed by atoms with E-state index in [9.17, 15) is 4.79 Å². The SMILES string of the molecule is COC(=O)c1nc(N2CCNCC2)cs1.Cl. The van der Waals surface area contributed by atoms with E-state index in [0.29, 0.717) is 5.01 Å². The van der Waals surface area contributed by atoms with E-state index in [1.165, 1.54) is 18.4 Å². The molecule has 1 aliphatic rings. The quantitative estimate of drug-likeness (QED) is 0.799. The van der Waals surface area contributed by atoms with Crippen molar-refractivity contribution in [1.82, 2.24) is 10.3 Å². The molecule has 0 aliphatic carbocycles. The summed E-state index contributed by atoms with van der Waals surface area (Å²) in [5.74, 6) is 0.517. The van der Waals surface area contributed by atoms with Gasteiger partial charge in [-0.05, 0) is 0 Å². The Hall–Kier alpha value is -0.850. The molecule has 0 atom stereocenters. The summed E-state index contributed by atoms with van der Waals surface area (Å²) in [4.78, 5) is 17.6. The highest BCUT2D eigenvalue weighted by atomic mass is 35.5. The molecule has 1 saturated heterocycles. The second kappa shape index (κ2) is 6.03. The van der Waals surface area contributed by atoms with Gasteiger partial charge in [-0.1, -0.05) is 0 Å². The van der Waals surface area contributed by atoms with E-state index >= 15 is 0 Å². The van der Waals surface area contributed by atoms with Crippen LogP contribution in [0.5, 0.6) is 0 Å². The van der Waals surface area contributed by atoms with Gasteiger partial charge in [-0.3, -0.25) is 0 Å². The first-order valence-corrected chi connectivity index (χ1v) is 5.69. The van der Waals surface area contributed by atoms with Gasteiger partial charge in [0.15, 0.2) is 0 Å². The molecule has 0 amide bonds. The van der Waals surface area contributed by atoms with Crippen molar-refractivity contribution in [2.24, 2.45) is 0 Å². The number of nitrogens with one attached hydrogen (secondary N) is 1. The molecule has 1 aromatic heterocycles. The van der Waals surface area contributed by atoms with Crippen LogP contribution in [0.2, 0.25) is 0 Å². The lowest BCUT2D eigenvalue weighted by Crippen LogP contribution is -2.43. The van der Waals surface area contributed by atoms with Crippen LogP contribution in [-0.2, 0) is 4.74 Å². The normalized spacial score (nSPS) is 15.4. The van der Waals surface area contributed by atoms with Crippen LogP contribution in [0, 0.1) is 0 Å². The molecule has 16 heavy (non-hydrogen) atoms. The third-order valence-electron chi connectivity index (χ3n) is 2.29. The summed E-state index contributed by atoms with van der Waals surface area (Å²) >= 11 is 1.33. The van der Waals surface area contributed by atoms with Gasteiger partial charge in [-0.2, -0.15) is 0 Å². The largest absolute Gasteiger partial charge is 0.464 e. The third-order valence-corrected chi connectivity index (χ3v) is 3.10. The number of nitrogens with zero attached hydrogens (tertiary/aromatic N) is 2. The minimum Gasteiger partial charge on any atom is -0.464 e. The molecule has 0 radical (unpaired) electrons. The highest BCUT2D eigenvalue weighted by Crippen LogP contribution is 2.19. The van der Waals surface area contributed by atoms with Gasteiger partial charge in [0.2, 0.25) is 5.01 Å². The van der Waals surface area contributed by atoms with Gasteiger partial charge in [0.25, 0.3) is 0 Å². The number of carbonyl (C=O) groups excluding carboxylic acids is 1. The molecule has 90 valence electrons. The molecule has 0 spiro atoms. The summed E-state index contributed by atoms with van der Waals surface area (Å²) in [6.45, 7) is 3.80. The topological polar surface area (TPSA) is 54.5 Å². The van der Waals surface area contributed by atoms with Gasteiger partial charge in [-0.25, -0.2) is 9.78 Å². The molecule has 1 aliphatic heterocycles. The summed E-state index contributed by atoms with van der Waals surface area (Å²) in [5.41, 5.74) is 0. The molecule has 1 N–H and O–H groups in total. The molecule has 0 aromatic carbocycles. The minimum atomic E-state index is -0.360. The number of rotatable bonds is 2. The van der Waals surface area contributed by atoms with Gasteiger partial charge in [-0.15, -0.1) is 23.7 Å². The van der Waals surface area contributed by atoms with Crippen LogP contribution in [0.1, 0.15) is 9.80 Å². The first-order chi connectivity index (χ1) is 7.31. The second-order valence-electron chi connectivity index (χ2n) is 3.24. The molecule has 0 saturated carbocycles. The zero-order valence-corrected chi connectivity index (χ0v) is 10.6. The predicted octanol–water partition coefficient (Wildman–Crippen LogP) is 0.761. The smallest absolute Gasteiger partial charge is 0.367 e. The van der Waals surface area contributed by atoms with E-state index in [2.05, 4.69) is 19.9 Å². The summed E-state index contributed by atoms with van der Waals surface area (Å²) in [7, 11) is 1.37. The van der Waals surface area contributed by atoms with Crippen molar-refractivity contribution in [3.8, 4) is 0 Å². The first-order valence-electron chi connectivity index (χ1n) is 4.81. The van der Waals surface area contributed by atoms with Crippen molar-refractivity contribution in [2.75, 3.05) is 38.2 Å². The lowest BCUT2D eigenvalue weighted by atomic mass is 10.4. The highest BCUT2D eigenvalue weighted by Gasteiger charge is 2.16. The summed E-state index contributed by atoms with van der Waals surface area (Å²) in [5, 5.41) is 5.59. The van der Waals surface area contributed by atoms with Crippen molar-refractivity contribution in [3.63, 3.8) is 0 Å². The molecule has 2 rings (SSSR count). The Morgan fingerprint density at radius 3 is 2.88 bits per heavy atom. The van der Waals surface area contributed by atoms with Crippen LogP contribution in [0.4, 0.5) is 5.82 Å². The maximum atomic E-state index is 11.2. The number of esters is 1. The van der Waals surface area contributed by atoms with E-state index < -0.39 is 0 Å². The fourth-order valence-electron chi connectivity index (χ4n) is 1.49. The van der Waals surface area contributed by atoms with Crippen molar-refractivity contribution >= 4 is 35.5 Å². The number of hydrogen-bond donors (Lipinski definition) is 1. The minimum absolute atomic E-state index is 0. The Bertz CT molecular complexity index is 352. The summed E-state index contributed by atoms with van der Waals surface area (Å²) < 4.78 is 4.62. The van der Waals surface area contributed by atoms with Gasteiger partial charge in [0.05, 0.1) is 7.11 Å². The molecular weight excluding hydrogens is 250 g/mol. The predicted molar refractivity (Wildman–Crippen MR) is 65.8 cm³/mol. The average Bonchev–Trinajstić information content (AvgIpc) is 2.78. The number of aromatic nitrogens is 1. The van der Waals surface area contributed by atoms with Crippen molar-refractivity contribution in [3.05, 3.63) is 10.4 Å². The van der Waals surface area contributed by atoms with E-state index in [1.807, 2.05) is 5.38 Å². The van der Waals surface area contributed by atoms with Crippen LogP contribution < -0.4 is 10.2 Å². The monoisotopic (exact) mass is 263 g/mol. The van der Waals surface area contributed by atoms with Crippen molar-refractivity contribution in [2.45, 2.75) is 0 Å². The number of anilines is 1. The van der Waals surface area contributed by atoms with Crippen LogP contribution >= 0.6 is 23.7 Å². The van der Waals surface area contributed by atoms with Crippen molar-refractivity contribution < 1.29 is 9.53 Å². The molecule has 0 unspecified atom stereocenters. The maximum Gasteiger partial charge on any atom is 0.367 e. The number of hydrogen-bond acceptors (Lipinski definition) is 6. The molecular formula is C9H14ClN3O2S. The number of methoxy groups -OCH3 is 1. The Morgan fingerprint density at radius 2 is 2.25 bits per heavy atom. The molecule has 7 heteroatoms. The Kier molecular flexibility index (Phi) is 4.98. The Labute approximate surface area is 104 Å². The average molecular weight is 264 g/mol. The lowest BCUT2D eigenvalue weighted by molar-refractivity contribution is 0.0600. The fraction of sp³-hybridized carbons (Fsp3) is 0.556. The number of halogens is 1. The zero-order chi connectivity index (χ0) is 10.7. The maximum absolute atomic E-state index is 11.2. The van der Waals surface area contributed by atoms with Crippen LogP contribution in [0.15, 0.2) is 5.38 Å². The van der Waals surface area contributed by atoms with Gasteiger partial charge >= 0.3 is 5.97 Å². The van der Waals surface area contributed by atoms with Gasteiger partial charge in [0.1, 0.15) is 5.82 Å². The lowest BCUT2D eigenvalue weighted by Gasteiger charge is -2.27. The number of carbonyl (C=O) groups is 1. The van der Waals surface area contributed by atoms with Gasteiger partial charge in [0, 0.05) is 31.6 Å². The van der Waals surface area contributed by atoms with Crippen molar-refractivity contribution in [1.29, 1.82) is 0 Å². The molecule has 1 aromatic rings. The first kappa shape index (κ1) is 13.2. The number of piperazine rings is 1. The molecule has 1 fully saturated rings. The fourth-order valence-corrected chi connectivity index (χ4v) is 2.23. The number of ether oxygens (including phenoxy) is 1. The summed E-state index contributed by atoms with van der Waals surface area (Å²) in [6.07, 6.45) is 0. The summed E-state index contributed by atoms with van der Waals surface area (Å²) in [6, 6.07) is 0. The molecule has 5 nitrogen and oxygen atoms in total. The van der Waals surface area contributed by atoms with E-state index in [0.717, 1.165) is 32.0 Å². The van der Waals surface area contributed by atoms with Crippen LogP contribution in [-0.4, -0.2) is 44.2 Å². The zero-order valence-electron chi connectivity index (χ0n) is 8.93. The van der Waals surface area contributed by atoms with Crippen LogP contribution in [0.25, 0.3) is 0 Å². The van der Waals surface area contributed by atoms with E-state index in [-0.39, 0.29) is 18.4 Å². The Balaban J connectivity index is 0.00000128. The standard InChI is InChI=1S/C9H13N3O2S.ClH/c1-14-9(13)8-11-7(6-15-8)12-4-2-10-3-5-12;/h6,10H,2-5H2,1H3;1H. The van der Waals surface area contributed by atoms with Gasteiger partial charge < -0.3 is 15.0 Å².